The van der Waals surface area contributed by atoms with Crippen LogP contribution in [0.25, 0.3) is 33.3 Å². The Bertz CT molecular complexity index is 1690. The Hall–Kier alpha value is -4.73. The van der Waals surface area contributed by atoms with Gasteiger partial charge in [0.2, 0.25) is 0 Å². The molecule has 0 spiro atoms. The third-order valence-electron chi connectivity index (χ3n) is 6.61. The van der Waals surface area contributed by atoms with Crippen LogP contribution in [-0.2, 0) is 6.54 Å². The minimum Gasteiger partial charge on any atom is -0.361 e. The number of hydrogen-bond donors (Lipinski definition) is 0. The smallest absolute Gasteiger partial charge is 0.361 e. The molecule has 0 saturated carbocycles. The lowest BCUT2D eigenvalue weighted by Crippen LogP contribution is -2.17. The molecule has 0 radical (unpaired) electrons. The van der Waals surface area contributed by atoms with Crippen LogP contribution in [0, 0.1) is 13.8 Å². The van der Waals surface area contributed by atoms with E-state index >= 15 is 0 Å². The van der Waals surface area contributed by atoms with Crippen molar-refractivity contribution in [2.24, 2.45) is 0 Å². The number of halogens is 3. The first-order valence-corrected chi connectivity index (χ1v) is 12.3. The molecule has 0 fully saturated rings. The molecule has 4 aromatic heterocycles. The molecule has 7 nitrogen and oxygen atoms in total. The van der Waals surface area contributed by atoms with Crippen molar-refractivity contribution in [3.8, 4) is 22.4 Å². The van der Waals surface area contributed by atoms with Crippen molar-refractivity contribution in [3.63, 3.8) is 0 Å². The van der Waals surface area contributed by atoms with Crippen molar-refractivity contribution in [1.82, 2.24) is 29.7 Å². The van der Waals surface area contributed by atoms with Crippen LogP contribution in [-0.4, -0.2) is 35.9 Å². The van der Waals surface area contributed by atoms with Crippen molar-refractivity contribution in [3.05, 3.63) is 108 Å². The van der Waals surface area contributed by atoms with Gasteiger partial charge in [-0.25, -0.2) is 0 Å². The highest BCUT2D eigenvalue weighted by Gasteiger charge is 2.29. The van der Waals surface area contributed by atoms with E-state index in [0.717, 1.165) is 43.7 Å². The van der Waals surface area contributed by atoms with Gasteiger partial charge in [-0.05, 0) is 49.2 Å². The minimum absolute atomic E-state index is 0.395. The summed E-state index contributed by atoms with van der Waals surface area (Å²) in [6.07, 6.45) is 0.137. The topological polar surface area (TPSA) is 74.6 Å². The van der Waals surface area contributed by atoms with Crippen LogP contribution in [0.5, 0.6) is 0 Å². The van der Waals surface area contributed by atoms with Crippen molar-refractivity contribution in [2.75, 3.05) is 0 Å². The maximum absolute atomic E-state index is 13.0. The molecule has 0 saturated heterocycles. The highest BCUT2D eigenvalue weighted by molar-refractivity contribution is 5.96. The summed E-state index contributed by atoms with van der Waals surface area (Å²) in [4.78, 5) is 4.64. The number of fused-ring (bicyclic) bond motifs is 1. The van der Waals surface area contributed by atoms with Crippen LogP contribution in [0.3, 0.4) is 0 Å². The van der Waals surface area contributed by atoms with Gasteiger partial charge in [0.05, 0.1) is 23.1 Å². The number of hydrogen-bond acceptors (Lipinski definition) is 5. The van der Waals surface area contributed by atoms with Gasteiger partial charge in [-0.1, -0.05) is 47.6 Å². The number of pyridine rings is 1. The summed E-state index contributed by atoms with van der Waals surface area (Å²) in [5.74, 6) is 0.691. The summed E-state index contributed by atoms with van der Waals surface area (Å²) in [6, 6.07) is 21.1. The molecule has 1 atom stereocenters. The van der Waals surface area contributed by atoms with Crippen LogP contribution in [0.1, 0.15) is 28.8 Å². The molecular weight excluding hydrogens is 505 g/mol. The standard InChI is InChI=1S/C29H23F3N6O/c1-18-26(19(2)39-36-18)21-11-12-23-25(14-21)38(35-27(23)22-15-34-37(16-22)17-29(30,31)32)28(20-8-4-3-5-9-20)24-10-6-7-13-33-24/h3-16,28H,17H2,1-2H3. The van der Waals surface area contributed by atoms with E-state index in [4.69, 9.17) is 9.62 Å². The lowest BCUT2D eigenvalue weighted by atomic mass is 10.00. The molecule has 0 aliphatic carbocycles. The Balaban J connectivity index is 1.60. The molecule has 2 aromatic carbocycles. The van der Waals surface area contributed by atoms with Gasteiger partial charge in [-0.15, -0.1) is 0 Å². The number of rotatable bonds is 6. The van der Waals surface area contributed by atoms with E-state index < -0.39 is 18.8 Å². The third kappa shape index (κ3) is 4.69. The van der Waals surface area contributed by atoms with E-state index in [9.17, 15) is 13.2 Å². The molecule has 39 heavy (non-hydrogen) atoms. The van der Waals surface area contributed by atoms with E-state index in [-0.39, 0.29) is 0 Å². The van der Waals surface area contributed by atoms with Crippen LogP contribution in [0.2, 0.25) is 0 Å². The number of aromatic nitrogens is 6. The summed E-state index contributed by atoms with van der Waals surface area (Å²) in [7, 11) is 0. The van der Waals surface area contributed by atoms with Gasteiger partial charge in [0, 0.05) is 28.9 Å². The average molecular weight is 529 g/mol. The first-order valence-electron chi connectivity index (χ1n) is 12.3. The van der Waals surface area contributed by atoms with Gasteiger partial charge in [-0.2, -0.15) is 23.4 Å². The van der Waals surface area contributed by atoms with Crippen molar-refractivity contribution in [2.45, 2.75) is 32.6 Å². The van der Waals surface area contributed by atoms with Crippen LogP contribution in [0.4, 0.5) is 13.2 Å². The summed E-state index contributed by atoms with van der Waals surface area (Å²) in [5, 5.41) is 13.8. The zero-order valence-electron chi connectivity index (χ0n) is 21.1. The minimum atomic E-state index is -4.38. The zero-order valence-corrected chi connectivity index (χ0v) is 21.1. The van der Waals surface area contributed by atoms with Crippen LogP contribution >= 0.6 is 0 Å². The monoisotopic (exact) mass is 528 g/mol. The molecule has 0 amide bonds. The Morgan fingerprint density at radius 3 is 2.44 bits per heavy atom. The largest absolute Gasteiger partial charge is 0.408 e. The number of benzene rings is 2. The molecule has 0 aliphatic rings. The maximum Gasteiger partial charge on any atom is 0.408 e. The fourth-order valence-corrected chi connectivity index (χ4v) is 4.96. The Labute approximate surface area is 221 Å². The molecule has 1 unspecified atom stereocenters. The molecule has 0 aliphatic heterocycles. The lowest BCUT2D eigenvalue weighted by molar-refractivity contribution is -0.142. The predicted molar refractivity (Wildman–Crippen MR) is 140 cm³/mol. The van der Waals surface area contributed by atoms with Crippen LogP contribution in [0.15, 0.2) is 89.8 Å². The van der Waals surface area contributed by atoms with Gasteiger partial charge in [-0.3, -0.25) is 14.3 Å². The normalized spacial score (nSPS) is 12.7. The Morgan fingerprint density at radius 2 is 1.74 bits per heavy atom. The van der Waals surface area contributed by atoms with Crippen molar-refractivity contribution < 1.29 is 17.7 Å². The van der Waals surface area contributed by atoms with Gasteiger partial charge < -0.3 is 4.52 Å². The lowest BCUT2D eigenvalue weighted by Gasteiger charge is -2.19. The summed E-state index contributed by atoms with van der Waals surface area (Å²) >= 11 is 0. The molecule has 0 N–H and O–H groups in total. The maximum atomic E-state index is 13.0. The fraction of sp³-hybridized carbons (Fsp3) is 0.172. The number of alkyl halides is 3. The second-order valence-electron chi connectivity index (χ2n) is 9.33. The molecule has 4 heterocycles. The quantitative estimate of drug-likeness (QED) is 0.239. The Kier molecular flexibility index (Phi) is 6.02. The van der Waals surface area contributed by atoms with Crippen molar-refractivity contribution in [1.29, 1.82) is 0 Å². The SMILES string of the molecule is Cc1noc(C)c1-c1ccc2c(-c3cnn(CC(F)(F)F)c3)nn(C(c3ccccc3)c3ccccn3)c2c1. The third-order valence-corrected chi connectivity index (χ3v) is 6.61. The summed E-state index contributed by atoms with van der Waals surface area (Å²) in [5.41, 5.74) is 6.08. The van der Waals surface area contributed by atoms with Crippen LogP contribution < -0.4 is 0 Å². The van der Waals surface area contributed by atoms with Crippen molar-refractivity contribution >= 4 is 10.9 Å². The molecule has 10 heteroatoms. The predicted octanol–water partition coefficient (Wildman–Crippen LogP) is 6.77. The zero-order chi connectivity index (χ0) is 27.1. The Morgan fingerprint density at radius 1 is 0.949 bits per heavy atom. The van der Waals surface area contributed by atoms with Gasteiger partial charge >= 0.3 is 6.18 Å². The molecule has 6 rings (SSSR count). The first kappa shape index (κ1) is 24.6. The molecule has 196 valence electrons. The summed E-state index contributed by atoms with van der Waals surface area (Å²) < 4.78 is 47.3. The highest BCUT2D eigenvalue weighted by atomic mass is 19.4. The van der Waals surface area contributed by atoms with Gasteiger partial charge in [0.15, 0.2) is 0 Å². The molecular formula is C29H23F3N6O. The highest BCUT2D eigenvalue weighted by Crippen LogP contribution is 2.37. The molecule has 0 bridgehead atoms. The molecule has 6 aromatic rings. The van der Waals surface area contributed by atoms with E-state index in [2.05, 4.69) is 15.2 Å². The first-order chi connectivity index (χ1) is 18.8. The van der Waals surface area contributed by atoms with E-state index in [1.54, 1.807) is 6.20 Å². The van der Waals surface area contributed by atoms with Gasteiger partial charge in [0.1, 0.15) is 24.0 Å². The number of aryl methyl sites for hydroxylation is 2. The average Bonchev–Trinajstić information content (AvgIpc) is 3.61. The summed E-state index contributed by atoms with van der Waals surface area (Å²) in [6.45, 7) is 2.56. The number of nitrogens with zero attached hydrogens (tertiary/aromatic N) is 6. The van der Waals surface area contributed by atoms with E-state index in [1.165, 1.54) is 12.4 Å². The van der Waals surface area contributed by atoms with E-state index in [0.29, 0.717) is 17.0 Å². The van der Waals surface area contributed by atoms with Gasteiger partial charge in [0.25, 0.3) is 0 Å². The second-order valence-corrected chi connectivity index (χ2v) is 9.33. The second kappa shape index (κ2) is 9.54. The fourth-order valence-electron chi connectivity index (χ4n) is 4.96. The van der Waals surface area contributed by atoms with E-state index in [1.807, 2.05) is 85.3 Å².